The molecular weight excluding hydrogens is 521 g/mol. The van der Waals surface area contributed by atoms with E-state index in [4.69, 9.17) is 16.7 Å². The summed E-state index contributed by atoms with van der Waals surface area (Å²) in [6, 6.07) is 7.12. The van der Waals surface area contributed by atoms with Gasteiger partial charge in [0.1, 0.15) is 17.3 Å². The molecule has 198 valence electrons. The molecule has 0 saturated carbocycles. The summed E-state index contributed by atoms with van der Waals surface area (Å²) in [6.45, 7) is 2.06. The van der Waals surface area contributed by atoms with Crippen molar-refractivity contribution in [2.24, 2.45) is 10.2 Å². The minimum Gasteiger partial charge on any atom is -0.395 e. The van der Waals surface area contributed by atoms with Gasteiger partial charge in [-0.25, -0.2) is 13.6 Å². The van der Waals surface area contributed by atoms with Gasteiger partial charge < -0.3 is 10.0 Å². The molecule has 2 heterocycles. The molecule has 2 aliphatic heterocycles. The van der Waals surface area contributed by atoms with Crippen LogP contribution in [0.2, 0.25) is 5.02 Å². The van der Waals surface area contributed by atoms with Gasteiger partial charge in [-0.1, -0.05) is 23.7 Å². The Morgan fingerprint density at radius 2 is 1.76 bits per heavy atom. The van der Waals surface area contributed by atoms with E-state index in [0.29, 0.717) is 32.7 Å². The Bertz CT molecular complexity index is 1230. The second-order valence-electron chi connectivity index (χ2n) is 8.59. The molecule has 0 aromatic heterocycles. The summed E-state index contributed by atoms with van der Waals surface area (Å²) in [7, 11) is 0. The number of hydrogen-bond donors (Lipinski definition) is 1. The number of piperazine rings is 1. The van der Waals surface area contributed by atoms with E-state index < -0.39 is 36.0 Å². The number of halogens is 6. The molecule has 1 fully saturated rings. The van der Waals surface area contributed by atoms with Crippen molar-refractivity contribution >= 4 is 34.7 Å². The first-order chi connectivity index (χ1) is 17.6. The molecule has 2 amide bonds. The highest BCUT2D eigenvalue weighted by atomic mass is 35.5. The summed E-state index contributed by atoms with van der Waals surface area (Å²) in [6.07, 6.45) is -5.19. The molecule has 0 spiro atoms. The number of rotatable bonds is 6. The van der Waals surface area contributed by atoms with E-state index >= 15 is 4.39 Å². The fourth-order valence-corrected chi connectivity index (χ4v) is 4.26. The Balaban J connectivity index is 1.55. The van der Waals surface area contributed by atoms with Gasteiger partial charge in [0.25, 0.3) is 0 Å². The standard InChI is InChI=1S/C24H23ClF5N5O2/c25-18-12-17(3-4-19(18)26)35(23(37)34-7-5-33(6-8-34)9-10-36)14-16-2-1-15(11-20(16)27)21-13-22(32-31-21)24(28,29)30/h1-4,11-12,36H,5-10,13-14H2. The highest BCUT2D eigenvalue weighted by Crippen LogP contribution is 2.28. The van der Waals surface area contributed by atoms with Gasteiger partial charge in [-0.2, -0.15) is 18.3 Å². The number of anilines is 1. The molecule has 0 radical (unpaired) electrons. The Kier molecular flexibility index (Phi) is 8.10. The van der Waals surface area contributed by atoms with Gasteiger partial charge in [0, 0.05) is 56.0 Å². The smallest absolute Gasteiger partial charge is 0.395 e. The van der Waals surface area contributed by atoms with Gasteiger partial charge in [0.05, 0.1) is 23.9 Å². The minimum absolute atomic E-state index is 0.000508. The lowest BCUT2D eigenvalue weighted by Crippen LogP contribution is -2.53. The van der Waals surface area contributed by atoms with Crippen molar-refractivity contribution in [3.05, 3.63) is 64.2 Å². The molecule has 4 rings (SSSR count). The molecule has 0 atom stereocenters. The van der Waals surface area contributed by atoms with Crippen LogP contribution in [0.25, 0.3) is 0 Å². The molecule has 2 aromatic rings. The fourth-order valence-electron chi connectivity index (χ4n) is 4.09. The number of amides is 2. The number of nitrogens with zero attached hydrogens (tertiary/aromatic N) is 5. The van der Waals surface area contributed by atoms with Crippen LogP contribution < -0.4 is 4.90 Å². The molecule has 13 heteroatoms. The summed E-state index contributed by atoms with van der Waals surface area (Å²) >= 11 is 5.94. The number of β-amino-alcohol motifs (C(OH)–C–C–N with tert-alkyl or cyclic N) is 1. The van der Waals surface area contributed by atoms with Gasteiger partial charge in [-0.15, -0.1) is 5.10 Å². The number of benzene rings is 2. The van der Waals surface area contributed by atoms with E-state index in [-0.39, 0.29) is 40.7 Å². The van der Waals surface area contributed by atoms with Crippen LogP contribution >= 0.6 is 11.6 Å². The second-order valence-corrected chi connectivity index (χ2v) is 9.00. The molecule has 1 saturated heterocycles. The van der Waals surface area contributed by atoms with E-state index in [1.54, 1.807) is 4.90 Å². The van der Waals surface area contributed by atoms with Crippen molar-refractivity contribution in [2.45, 2.75) is 19.1 Å². The summed E-state index contributed by atoms with van der Waals surface area (Å²) in [5, 5.41) is 15.6. The van der Waals surface area contributed by atoms with Gasteiger partial charge in [0.15, 0.2) is 0 Å². The van der Waals surface area contributed by atoms with E-state index in [1.165, 1.54) is 29.2 Å². The molecule has 2 aliphatic rings. The average molecular weight is 544 g/mol. The summed E-state index contributed by atoms with van der Waals surface area (Å²) in [5.41, 5.74) is -0.590. The summed E-state index contributed by atoms with van der Waals surface area (Å²) in [4.78, 5) is 18.3. The van der Waals surface area contributed by atoms with Crippen LogP contribution in [0.5, 0.6) is 0 Å². The number of carbonyl (C=O) groups excluding carboxylic acids is 1. The molecule has 0 aliphatic carbocycles. The lowest BCUT2D eigenvalue weighted by atomic mass is 10.0. The van der Waals surface area contributed by atoms with Gasteiger partial charge in [-0.3, -0.25) is 9.80 Å². The number of carbonyl (C=O) groups is 1. The van der Waals surface area contributed by atoms with E-state index in [1.807, 2.05) is 4.90 Å². The maximum Gasteiger partial charge on any atom is 0.431 e. The first-order valence-electron chi connectivity index (χ1n) is 11.4. The topological polar surface area (TPSA) is 71.7 Å². The normalized spacial score (nSPS) is 16.6. The predicted molar refractivity (Wildman–Crippen MR) is 129 cm³/mol. The van der Waals surface area contributed by atoms with Crippen molar-refractivity contribution in [2.75, 3.05) is 44.2 Å². The summed E-state index contributed by atoms with van der Waals surface area (Å²) < 4.78 is 67.5. The van der Waals surface area contributed by atoms with Gasteiger partial charge in [0.2, 0.25) is 0 Å². The third-order valence-electron chi connectivity index (χ3n) is 6.17. The first-order valence-corrected chi connectivity index (χ1v) is 11.8. The van der Waals surface area contributed by atoms with Crippen molar-refractivity contribution < 1.29 is 31.9 Å². The molecule has 7 nitrogen and oxygen atoms in total. The first kappa shape index (κ1) is 27.0. The van der Waals surface area contributed by atoms with E-state index in [9.17, 15) is 22.4 Å². The van der Waals surface area contributed by atoms with Crippen LogP contribution in [0.15, 0.2) is 46.6 Å². The quantitative estimate of drug-likeness (QED) is 0.547. The Labute approximate surface area is 214 Å². The van der Waals surface area contributed by atoms with Gasteiger partial charge >= 0.3 is 12.2 Å². The van der Waals surface area contributed by atoms with Crippen LogP contribution in [-0.4, -0.2) is 77.9 Å². The third kappa shape index (κ3) is 6.25. The van der Waals surface area contributed by atoms with Gasteiger partial charge in [-0.05, 0) is 24.3 Å². The van der Waals surface area contributed by atoms with Crippen molar-refractivity contribution in [3.8, 4) is 0 Å². The van der Waals surface area contributed by atoms with Crippen LogP contribution in [0.4, 0.5) is 32.4 Å². The fraction of sp³-hybridized carbons (Fsp3) is 0.375. The van der Waals surface area contributed by atoms with Crippen LogP contribution in [0.1, 0.15) is 17.5 Å². The molecule has 37 heavy (non-hydrogen) atoms. The number of aliphatic hydroxyl groups excluding tert-OH is 1. The maximum absolute atomic E-state index is 15.1. The SMILES string of the molecule is O=C(N1CCN(CCO)CC1)N(Cc1ccc(C2=NN=C(C(F)(F)F)C2)cc1F)c1ccc(F)c(Cl)c1. The molecular formula is C24H23ClF5N5O2. The minimum atomic E-state index is -4.62. The van der Waals surface area contributed by atoms with Crippen molar-refractivity contribution in [1.29, 1.82) is 0 Å². The largest absolute Gasteiger partial charge is 0.431 e. The Hall–Kier alpha value is -3.09. The number of urea groups is 1. The summed E-state index contributed by atoms with van der Waals surface area (Å²) in [5.74, 6) is -1.43. The Morgan fingerprint density at radius 3 is 2.35 bits per heavy atom. The Morgan fingerprint density at radius 1 is 1.03 bits per heavy atom. The lowest BCUT2D eigenvalue weighted by molar-refractivity contribution is -0.0596. The lowest BCUT2D eigenvalue weighted by Gasteiger charge is -2.37. The van der Waals surface area contributed by atoms with E-state index in [2.05, 4.69) is 10.2 Å². The third-order valence-corrected chi connectivity index (χ3v) is 6.46. The van der Waals surface area contributed by atoms with Crippen molar-refractivity contribution in [3.63, 3.8) is 0 Å². The zero-order valence-electron chi connectivity index (χ0n) is 19.5. The van der Waals surface area contributed by atoms with Crippen LogP contribution in [0.3, 0.4) is 0 Å². The number of hydrogen-bond acceptors (Lipinski definition) is 5. The number of aliphatic hydroxyl groups is 1. The van der Waals surface area contributed by atoms with Crippen LogP contribution in [0, 0.1) is 11.6 Å². The molecule has 0 bridgehead atoms. The van der Waals surface area contributed by atoms with E-state index in [0.717, 1.165) is 12.1 Å². The maximum atomic E-state index is 15.1. The highest BCUT2D eigenvalue weighted by Gasteiger charge is 2.39. The van der Waals surface area contributed by atoms with Crippen molar-refractivity contribution in [1.82, 2.24) is 9.80 Å². The molecule has 2 aromatic carbocycles. The zero-order valence-corrected chi connectivity index (χ0v) is 20.2. The second kappa shape index (κ2) is 11.1. The van der Waals surface area contributed by atoms with Crippen LogP contribution in [-0.2, 0) is 6.54 Å². The molecule has 0 unspecified atom stereocenters. The highest BCUT2D eigenvalue weighted by molar-refractivity contribution is 6.31. The zero-order chi connectivity index (χ0) is 26.7. The predicted octanol–water partition coefficient (Wildman–Crippen LogP) is 4.47. The molecule has 1 N–H and O–H groups in total. The average Bonchev–Trinajstić information content (AvgIpc) is 3.37. The monoisotopic (exact) mass is 543 g/mol. The number of alkyl halides is 3.